The van der Waals surface area contributed by atoms with Crippen molar-refractivity contribution in [1.29, 1.82) is 0 Å². The molecule has 0 aliphatic heterocycles. The largest absolute Gasteiger partial charge is 0.493 e. The number of hydrogen-bond acceptors (Lipinski definition) is 8. The van der Waals surface area contributed by atoms with Crippen molar-refractivity contribution in [2.45, 2.75) is 70.6 Å². The van der Waals surface area contributed by atoms with Crippen molar-refractivity contribution in [1.82, 2.24) is 10.2 Å². The molecular formula is C35H42N2O8. The van der Waals surface area contributed by atoms with Gasteiger partial charge in [-0.1, -0.05) is 37.5 Å². The number of aryl methyl sites for hydroxylation is 1. The van der Waals surface area contributed by atoms with E-state index in [4.69, 9.17) is 13.9 Å². The van der Waals surface area contributed by atoms with Gasteiger partial charge in [-0.2, -0.15) is 0 Å². The predicted molar refractivity (Wildman–Crippen MR) is 169 cm³/mol. The van der Waals surface area contributed by atoms with Gasteiger partial charge >= 0.3 is 5.63 Å². The molecule has 2 unspecified atom stereocenters. The highest BCUT2D eigenvalue weighted by Gasteiger charge is 2.36. The van der Waals surface area contributed by atoms with Crippen LogP contribution in [0.15, 0.2) is 63.3 Å². The molecule has 2 aromatic carbocycles. The molecule has 1 heterocycles. The van der Waals surface area contributed by atoms with Gasteiger partial charge < -0.3 is 34.3 Å². The fourth-order valence-corrected chi connectivity index (χ4v) is 6.51. The number of hydrogen-bond donors (Lipinski definition) is 3. The Morgan fingerprint density at radius 1 is 1.09 bits per heavy atom. The Balaban J connectivity index is 1.52. The zero-order chi connectivity index (χ0) is 31.9. The summed E-state index contributed by atoms with van der Waals surface area (Å²) in [7, 11) is 1.52. The number of fused-ring (bicyclic) bond motifs is 1. The van der Waals surface area contributed by atoms with Gasteiger partial charge in [-0.25, -0.2) is 4.79 Å². The molecule has 1 saturated carbocycles. The molecular weight excluding hydrogens is 576 g/mol. The number of aliphatic hydroxyl groups is 2. The van der Waals surface area contributed by atoms with E-state index in [9.17, 15) is 24.6 Å². The molecule has 240 valence electrons. The molecule has 2 aliphatic carbocycles. The number of rotatable bonds is 11. The lowest BCUT2D eigenvalue weighted by Crippen LogP contribution is -2.49. The van der Waals surface area contributed by atoms with E-state index in [0.29, 0.717) is 46.6 Å². The molecule has 3 aromatic rings. The molecule has 10 nitrogen and oxygen atoms in total. The SMILES string of the molecule is COc1cc(CO)cc(C)c1OC1C=C(C(=O)NCCO)CC(N(CC2CCCCC2)C(=O)c2cc3ccccc3oc2=O)C1. The summed E-state index contributed by atoms with van der Waals surface area (Å²) in [5, 5.41) is 22.4. The lowest BCUT2D eigenvalue weighted by Gasteiger charge is -2.39. The number of nitrogens with one attached hydrogen (secondary N) is 1. The Kier molecular flexibility index (Phi) is 10.6. The van der Waals surface area contributed by atoms with E-state index >= 15 is 0 Å². The summed E-state index contributed by atoms with van der Waals surface area (Å²) < 4.78 is 17.6. The van der Waals surface area contributed by atoms with Gasteiger partial charge in [-0.05, 0) is 73.6 Å². The minimum Gasteiger partial charge on any atom is -0.493 e. The molecule has 0 saturated heterocycles. The number of carbonyl (C=O) groups excluding carboxylic acids is 2. The van der Waals surface area contributed by atoms with Gasteiger partial charge in [0.2, 0.25) is 5.91 Å². The Morgan fingerprint density at radius 3 is 2.60 bits per heavy atom. The first-order valence-electron chi connectivity index (χ1n) is 15.7. The first kappa shape index (κ1) is 32.2. The van der Waals surface area contributed by atoms with E-state index < -0.39 is 23.7 Å². The van der Waals surface area contributed by atoms with Crippen molar-refractivity contribution in [3.05, 3.63) is 81.2 Å². The van der Waals surface area contributed by atoms with Crippen LogP contribution in [-0.4, -0.2) is 65.9 Å². The van der Waals surface area contributed by atoms with Crippen LogP contribution in [0.4, 0.5) is 0 Å². The zero-order valence-electron chi connectivity index (χ0n) is 25.9. The van der Waals surface area contributed by atoms with Crippen molar-refractivity contribution in [2.24, 2.45) is 5.92 Å². The summed E-state index contributed by atoms with van der Waals surface area (Å²) in [5.41, 5.74) is 1.53. The Hall–Kier alpha value is -4.15. The average molecular weight is 619 g/mol. The smallest absolute Gasteiger partial charge is 0.349 e. The van der Waals surface area contributed by atoms with Crippen molar-refractivity contribution in [3.8, 4) is 11.5 Å². The Bertz CT molecular complexity index is 1610. The first-order valence-corrected chi connectivity index (χ1v) is 15.7. The molecule has 1 fully saturated rings. The monoisotopic (exact) mass is 618 g/mol. The lowest BCUT2D eigenvalue weighted by molar-refractivity contribution is -0.118. The predicted octanol–water partition coefficient (Wildman–Crippen LogP) is 4.27. The second-order valence-corrected chi connectivity index (χ2v) is 12.0. The summed E-state index contributed by atoms with van der Waals surface area (Å²) in [6.45, 7) is 2.03. The standard InChI is InChI=1S/C35H42N2O8/c1-22-14-24(21-39)15-31(43-2)32(22)44-28-17-26(33(40)36-12-13-38)16-27(19-28)37(20-23-8-4-3-5-9-23)34(41)29-18-25-10-6-7-11-30(25)45-35(29)42/h6-7,10-11,14-15,17-18,23,27-28,38-39H,3-5,8-9,12-13,16,19-21H2,1-2H3,(H,36,40). The topological polar surface area (TPSA) is 139 Å². The number of methoxy groups -OCH3 is 1. The number of nitrogens with zero attached hydrogens (tertiary/aromatic N) is 1. The second-order valence-electron chi connectivity index (χ2n) is 12.0. The molecule has 0 radical (unpaired) electrons. The number of ether oxygens (including phenoxy) is 2. The maximum absolute atomic E-state index is 14.3. The highest BCUT2D eigenvalue weighted by Crippen LogP contribution is 2.37. The summed E-state index contributed by atoms with van der Waals surface area (Å²) >= 11 is 0. The fraction of sp³-hybridized carbons (Fsp3) is 0.457. The van der Waals surface area contributed by atoms with Crippen molar-refractivity contribution in [2.75, 3.05) is 26.8 Å². The molecule has 45 heavy (non-hydrogen) atoms. The molecule has 10 heteroatoms. The van der Waals surface area contributed by atoms with Gasteiger partial charge in [-0.15, -0.1) is 0 Å². The van der Waals surface area contributed by atoms with E-state index in [1.165, 1.54) is 7.11 Å². The van der Waals surface area contributed by atoms with E-state index in [1.54, 1.807) is 41.3 Å². The number of carbonyl (C=O) groups is 2. The number of amides is 2. The maximum Gasteiger partial charge on any atom is 0.349 e. The fourth-order valence-electron chi connectivity index (χ4n) is 6.51. The van der Waals surface area contributed by atoms with Crippen LogP contribution >= 0.6 is 0 Å². The van der Waals surface area contributed by atoms with Gasteiger partial charge in [0.1, 0.15) is 17.3 Å². The van der Waals surface area contributed by atoms with Crippen molar-refractivity contribution < 1.29 is 33.7 Å². The van der Waals surface area contributed by atoms with Gasteiger partial charge in [0, 0.05) is 36.5 Å². The third-order valence-corrected chi connectivity index (χ3v) is 8.76. The van der Waals surface area contributed by atoms with Crippen molar-refractivity contribution >= 4 is 22.8 Å². The van der Waals surface area contributed by atoms with Crippen LogP contribution in [0.1, 0.15) is 66.4 Å². The Morgan fingerprint density at radius 2 is 1.87 bits per heavy atom. The molecule has 0 spiro atoms. The summed E-state index contributed by atoms with van der Waals surface area (Å²) in [4.78, 5) is 42.5. The third kappa shape index (κ3) is 7.57. The highest BCUT2D eigenvalue weighted by atomic mass is 16.5. The van der Waals surface area contributed by atoms with Crippen LogP contribution < -0.4 is 20.4 Å². The molecule has 2 atom stereocenters. The first-order chi connectivity index (χ1) is 21.8. The number of aliphatic hydroxyl groups excluding tert-OH is 2. The molecule has 5 rings (SSSR count). The molecule has 0 bridgehead atoms. The molecule has 2 amide bonds. The number of benzene rings is 2. The van der Waals surface area contributed by atoms with E-state index in [-0.39, 0.29) is 43.6 Å². The van der Waals surface area contributed by atoms with Crippen LogP contribution in [0.3, 0.4) is 0 Å². The quantitative estimate of drug-likeness (QED) is 0.271. The van der Waals surface area contributed by atoms with Crippen LogP contribution in [0, 0.1) is 12.8 Å². The minimum atomic E-state index is -0.697. The average Bonchev–Trinajstić information content (AvgIpc) is 3.06. The highest BCUT2D eigenvalue weighted by molar-refractivity contribution is 5.97. The summed E-state index contributed by atoms with van der Waals surface area (Å²) in [5.74, 6) is 0.413. The van der Waals surface area contributed by atoms with Crippen LogP contribution in [0.2, 0.25) is 0 Å². The summed E-state index contributed by atoms with van der Waals surface area (Å²) in [6, 6.07) is 11.7. The van der Waals surface area contributed by atoms with Crippen LogP contribution in [-0.2, 0) is 11.4 Å². The van der Waals surface area contributed by atoms with Crippen LogP contribution in [0.25, 0.3) is 11.0 Å². The van der Waals surface area contributed by atoms with E-state index in [2.05, 4.69) is 5.32 Å². The van der Waals surface area contributed by atoms with Gasteiger partial charge in [0.15, 0.2) is 11.5 Å². The molecule has 2 aliphatic rings. The van der Waals surface area contributed by atoms with E-state index in [0.717, 1.165) is 37.7 Å². The van der Waals surface area contributed by atoms with Crippen molar-refractivity contribution in [3.63, 3.8) is 0 Å². The van der Waals surface area contributed by atoms with Gasteiger partial charge in [0.05, 0.1) is 20.3 Å². The van der Waals surface area contributed by atoms with Crippen LogP contribution in [0.5, 0.6) is 11.5 Å². The number of para-hydroxylation sites is 1. The van der Waals surface area contributed by atoms with Gasteiger partial charge in [0.25, 0.3) is 5.91 Å². The second kappa shape index (κ2) is 14.8. The zero-order valence-corrected chi connectivity index (χ0v) is 25.9. The third-order valence-electron chi connectivity index (χ3n) is 8.76. The lowest BCUT2D eigenvalue weighted by atomic mass is 9.86. The molecule has 3 N–H and O–H groups in total. The molecule has 1 aromatic heterocycles. The maximum atomic E-state index is 14.3. The summed E-state index contributed by atoms with van der Waals surface area (Å²) in [6.07, 6.45) is 7.07. The Labute approximate surface area is 262 Å². The van der Waals surface area contributed by atoms with Gasteiger partial charge in [-0.3, -0.25) is 9.59 Å². The van der Waals surface area contributed by atoms with E-state index in [1.807, 2.05) is 19.1 Å². The normalized spacial score (nSPS) is 18.7. The minimum absolute atomic E-state index is 0.0417.